The Morgan fingerprint density at radius 3 is 2.87 bits per heavy atom. The summed E-state index contributed by atoms with van der Waals surface area (Å²) in [5, 5.41) is 9.27. The van der Waals surface area contributed by atoms with Crippen molar-refractivity contribution < 1.29 is 9.50 Å². The number of halogens is 2. The maximum absolute atomic E-state index is 13.1. The van der Waals surface area contributed by atoms with Gasteiger partial charge in [0.15, 0.2) is 0 Å². The van der Waals surface area contributed by atoms with Crippen LogP contribution in [0.1, 0.15) is 18.9 Å². The molecule has 0 bridgehead atoms. The first kappa shape index (κ1) is 12.8. The van der Waals surface area contributed by atoms with Crippen LogP contribution in [0.2, 0.25) is 5.02 Å². The molecule has 0 aliphatic heterocycles. The zero-order chi connectivity index (χ0) is 11.3. The van der Waals surface area contributed by atoms with Crippen LogP contribution >= 0.6 is 23.4 Å². The van der Waals surface area contributed by atoms with E-state index < -0.39 is 0 Å². The lowest BCUT2D eigenvalue weighted by Gasteiger charge is -2.09. The van der Waals surface area contributed by atoms with Crippen molar-refractivity contribution in [3.05, 3.63) is 34.6 Å². The van der Waals surface area contributed by atoms with Gasteiger partial charge in [0.2, 0.25) is 0 Å². The molecule has 1 aromatic carbocycles. The molecular formula is C11H14ClFOS. The minimum atomic E-state index is -0.371. The van der Waals surface area contributed by atoms with E-state index in [0.717, 1.165) is 17.7 Å². The van der Waals surface area contributed by atoms with Gasteiger partial charge in [0.1, 0.15) is 5.82 Å². The fraction of sp³-hybridized carbons (Fsp3) is 0.455. The van der Waals surface area contributed by atoms with Crippen LogP contribution in [0.4, 0.5) is 4.39 Å². The number of benzene rings is 1. The molecule has 1 unspecified atom stereocenters. The molecule has 1 N–H and O–H groups in total. The van der Waals surface area contributed by atoms with Crippen molar-refractivity contribution in [1.29, 1.82) is 0 Å². The fourth-order valence-corrected chi connectivity index (χ4v) is 2.18. The average molecular weight is 249 g/mol. The van der Waals surface area contributed by atoms with Crippen molar-refractivity contribution in [1.82, 2.24) is 0 Å². The highest BCUT2D eigenvalue weighted by molar-refractivity contribution is 7.99. The van der Waals surface area contributed by atoms with E-state index in [0.29, 0.717) is 5.25 Å². The summed E-state index contributed by atoms with van der Waals surface area (Å²) < 4.78 is 13.1. The molecule has 84 valence electrons. The van der Waals surface area contributed by atoms with Gasteiger partial charge < -0.3 is 5.11 Å². The summed E-state index contributed by atoms with van der Waals surface area (Å²) in [6.07, 6.45) is 0.765. The van der Waals surface area contributed by atoms with Gasteiger partial charge in [-0.1, -0.05) is 24.6 Å². The van der Waals surface area contributed by atoms with Crippen LogP contribution in [0.15, 0.2) is 18.2 Å². The van der Waals surface area contributed by atoms with Gasteiger partial charge in [-0.05, 0) is 24.1 Å². The fourth-order valence-electron chi connectivity index (χ4n) is 1.13. The van der Waals surface area contributed by atoms with Gasteiger partial charge in [0.05, 0.1) is 5.02 Å². The monoisotopic (exact) mass is 248 g/mol. The first-order valence-electron chi connectivity index (χ1n) is 4.80. The van der Waals surface area contributed by atoms with E-state index in [2.05, 4.69) is 0 Å². The Bertz CT molecular complexity index is 319. The lowest BCUT2D eigenvalue weighted by Crippen LogP contribution is -2.00. The molecular weight excluding hydrogens is 235 g/mol. The Morgan fingerprint density at radius 2 is 2.27 bits per heavy atom. The first-order chi connectivity index (χ1) is 7.13. The van der Waals surface area contributed by atoms with E-state index in [4.69, 9.17) is 16.7 Å². The Hall–Kier alpha value is -0.250. The first-order valence-corrected chi connectivity index (χ1v) is 6.22. The molecule has 1 rings (SSSR count). The largest absolute Gasteiger partial charge is 0.396 e. The minimum absolute atomic E-state index is 0.159. The van der Waals surface area contributed by atoms with Crippen LogP contribution in [0, 0.1) is 5.82 Å². The third kappa shape index (κ3) is 4.41. The van der Waals surface area contributed by atoms with Gasteiger partial charge in [-0.25, -0.2) is 4.39 Å². The molecule has 0 spiro atoms. The highest BCUT2D eigenvalue weighted by atomic mass is 35.5. The molecule has 0 amide bonds. The van der Waals surface area contributed by atoms with Crippen LogP contribution in [0.3, 0.4) is 0 Å². The van der Waals surface area contributed by atoms with Crippen molar-refractivity contribution in [3.63, 3.8) is 0 Å². The third-order valence-electron chi connectivity index (χ3n) is 2.05. The topological polar surface area (TPSA) is 20.2 Å². The van der Waals surface area contributed by atoms with E-state index in [-0.39, 0.29) is 17.4 Å². The van der Waals surface area contributed by atoms with Gasteiger partial charge in [0, 0.05) is 17.6 Å². The number of hydrogen-bond acceptors (Lipinski definition) is 2. The molecule has 0 aliphatic rings. The number of aliphatic hydroxyl groups excluding tert-OH is 1. The predicted octanol–water partition coefficient (Wildman–Crippen LogP) is 3.48. The number of rotatable bonds is 5. The summed E-state index contributed by atoms with van der Waals surface area (Å²) >= 11 is 7.28. The molecule has 0 heterocycles. The lowest BCUT2D eigenvalue weighted by atomic mass is 10.2. The van der Waals surface area contributed by atoms with Crippen LogP contribution in [-0.4, -0.2) is 17.0 Å². The maximum atomic E-state index is 13.1. The molecule has 0 aromatic heterocycles. The summed E-state index contributed by atoms with van der Waals surface area (Å²) in [5.74, 6) is 0.375. The van der Waals surface area contributed by atoms with Crippen LogP contribution in [0.25, 0.3) is 0 Å². The second-order valence-corrected chi connectivity index (χ2v) is 5.22. The van der Waals surface area contributed by atoms with Gasteiger partial charge >= 0.3 is 0 Å². The van der Waals surface area contributed by atoms with Gasteiger partial charge in [-0.2, -0.15) is 11.8 Å². The molecule has 1 nitrogen and oxygen atoms in total. The van der Waals surface area contributed by atoms with Crippen LogP contribution in [0.5, 0.6) is 0 Å². The predicted molar refractivity (Wildman–Crippen MR) is 63.9 cm³/mol. The SMILES string of the molecule is CC(CCO)SCc1ccc(Cl)c(F)c1. The third-order valence-corrected chi connectivity index (χ3v) is 3.67. The Balaban J connectivity index is 2.47. The van der Waals surface area contributed by atoms with E-state index in [1.54, 1.807) is 17.8 Å². The maximum Gasteiger partial charge on any atom is 0.142 e. The van der Waals surface area contributed by atoms with E-state index in [9.17, 15) is 4.39 Å². The quantitative estimate of drug-likeness (QED) is 0.861. The van der Waals surface area contributed by atoms with Crippen molar-refractivity contribution in [3.8, 4) is 0 Å². The molecule has 1 aromatic rings. The second kappa shape index (κ2) is 6.36. The van der Waals surface area contributed by atoms with E-state index >= 15 is 0 Å². The number of thioether (sulfide) groups is 1. The van der Waals surface area contributed by atoms with Crippen LogP contribution in [-0.2, 0) is 5.75 Å². The van der Waals surface area contributed by atoms with E-state index in [1.165, 1.54) is 6.07 Å². The summed E-state index contributed by atoms with van der Waals surface area (Å²) in [5.41, 5.74) is 0.923. The normalized spacial score (nSPS) is 12.8. The molecule has 4 heteroatoms. The summed E-state index contributed by atoms with van der Waals surface area (Å²) in [7, 11) is 0. The van der Waals surface area contributed by atoms with Crippen molar-refractivity contribution in [2.45, 2.75) is 24.3 Å². The Morgan fingerprint density at radius 1 is 1.53 bits per heavy atom. The molecule has 0 saturated carbocycles. The smallest absolute Gasteiger partial charge is 0.142 e. The summed E-state index contributed by atoms with van der Waals surface area (Å²) in [6.45, 7) is 2.25. The van der Waals surface area contributed by atoms with E-state index in [1.807, 2.05) is 13.0 Å². The average Bonchev–Trinajstić information content (AvgIpc) is 2.20. The van der Waals surface area contributed by atoms with Gasteiger partial charge in [-0.3, -0.25) is 0 Å². The second-order valence-electron chi connectivity index (χ2n) is 3.38. The highest BCUT2D eigenvalue weighted by Gasteiger charge is 2.04. The number of hydrogen-bond donors (Lipinski definition) is 1. The molecule has 0 fully saturated rings. The summed E-state index contributed by atoms with van der Waals surface area (Å²) in [6, 6.07) is 4.86. The minimum Gasteiger partial charge on any atom is -0.396 e. The Kier molecular flexibility index (Phi) is 5.43. The van der Waals surface area contributed by atoms with Crippen LogP contribution < -0.4 is 0 Å². The summed E-state index contributed by atoms with van der Waals surface area (Å²) in [4.78, 5) is 0. The molecule has 0 radical (unpaired) electrons. The zero-order valence-corrected chi connectivity index (χ0v) is 10.1. The molecule has 0 aliphatic carbocycles. The molecule has 15 heavy (non-hydrogen) atoms. The number of aliphatic hydroxyl groups is 1. The standard InChI is InChI=1S/C11H14ClFOS/c1-8(4-5-14)15-7-9-2-3-10(12)11(13)6-9/h2-3,6,8,14H,4-5,7H2,1H3. The highest BCUT2D eigenvalue weighted by Crippen LogP contribution is 2.22. The van der Waals surface area contributed by atoms with Crippen molar-refractivity contribution in [2.24, 2.45) is 0 Å². The van der Waals surface area contributed by atoms with Crippen molar-refractivity contribution >= 4 is 23.4 Å². The molecule has 1 atom stereocenters. The van der Waals surface area contributed by atoms with Gasteiger partial charge in [0.25, 0.3) is 0 Å². The lowest BCUT2D eigenvalue weighted by molar-refractivity contribution is 0.289. The zero-order valence-electron chi connectivity index (χ0n) is 8.54. The van der Waals surface area contributed by atoms with Crippen molar-refractivity contribution in [2.75, 3.05) is 6.61 Å². The molecule has 0 saturated heterocycles. The Labute approximate surface area is 98.6 Å². The van der Waals surface area contributed by atoms with Gasteiger partial charge in [-0.15, -0.1) is 0 Å².